The summed E-state index contributed by atoms with van der Waals surface area (Å²) < 4.78 is 5.47. The van der Waals surface area contributed by atoms with Crippen LogP contribution in [0.1, 0.15) is 34.0 Å². The van der Waals surface area contributed by atoms with Crippen molar-refractivity contribution >= 4 is 12.1 Å². The summed E-state index contributed by atoms with van der Waals surface area (Å²) >= 11 is 0. The van der Waals surface area contributed by atoms with E-state index in [1.54, 1.807) is 0 Å². The summed E-state index contributed by atoms with van der Waals surface area (Å²) in [7, 11) is 0. The lowest BCUT2D eigenvalue weighted by atomic mass is 9.98. The first-order valence-corrected chi connectivity index (χ1v) is 9.93. The maximum absolute atomic E-state index is 12.4. The molecule has 30 heavy (non-hydrogen) atoms. The summed E-state index contributed by atoms with van der Waals surface area (Å²) in [5, 5.41) is 12.0. The molecule has 154 valence electrons. The average molecular weight is 404 g/mol. The number of aromatic amines is 1. The third-order valence-electron chi connectivity index (χ3n) is 5.60. The molecule has 3 aromatic rings. The van der Waals surface area contributed by atoms with Crippen molar-refractivity contribution < 1.29 is 19.4 Å². The number of ether oxygens (including phenoxy) is 1. The number of alkyl carbamates (subject to hydrolysis) is 1. The van der Waals surface area contributed by atoms with Crippen LogP contribution in [0.5, 0.6) is 0 Å². The van der Waals surface area contributed by atoms with Gasteiger partial charge in [0.25, 0.3) is 0 Å². The van der Waals surface area contributed by atoms with Crippen molar-refractivity contribution in [2.24, 2.45) is 0 Å². The molecule has 1 atom stereocenters. The number of amides is 1. The van der Waals surface area contributed by atoms with E-state index < -0.39 is 18.1 Å². The number of aryl methyl sites for hydroxylation is 2. The first kappa shape index (κ1) is 19.8. The minimum atomic E-state index is -1.10. The molecule has 0 radical (unpaired) electrons. The summed E-state index contributed by atoms with van der Waals surface area (Å²) in [6, 6.07) is 17.0. The quantitative estimate of drug-likeness (QED) is 0.575. The van der Waals surface area contributed by atoms with E-state index in [0.717, 1.165) is 39.2 Å². The standard InChI is InChI=1S/C24H24N2O4/c1-14-11-15(2)25-21(14)12-22(23(27)28)26-24(29)30-13-20-18-9-5-3-7-16(18)17-8-4-6-10-19(17)20/h3-11,20,22,25H,12-13H2,1-2H3,(H,26,29)(H,27,28). The maximum atomic E-state index is 12.4. The molecular weight excluding hydrogens is 380 g/mol. The first-order valence-electron chi connectivity index (χ1n) is 9.93. The third-order valence-corrected chi connectivity index (χ3v) is 5.60. The number of carbonyl (C=O) groups excluding carboxylic acids is 1. The zero-order valence-electron chi connectivity index (χ0n) is 16.9. The molecule has 0 saturated carbocycles. The molecule has 0 spiro atoms. The van der Waals surface area contributed by atoms with Crippen LogP contribution in [0.15, 0.2) is 54.6 Å². The largest absolute Gasteiger partial charge is 0.480 e. The van der Waals surface area contributed by atoms with Crippen molar-refractivity contribution in [1.29, 1.82) is 0 Å². The second-order valence-corrected chi connectivity index (χ2v) is 7.68. The van der Waals surface area contributed by atoms with Crippen LogP contribution >= 0.6 is 0 Å². The molecule has 1 unspecified atom stereocenters. The molecule has 1 amide bonds. The molecule has 4 rings (SSSR count). The van der Waals surface area contributed by atoms with Gasteiger partial charge >= 0.3 is 12.1 Å². The number of aliphatic carboxylic acids is 1. The number of rotatable bonds is 6. The second-order valence-electron chi connectivity index (χ2n) is 7.68. The van der Waals surface area contributed by atoms with Crippen molar-refractivity contribution in [3.63, 3.8) is 0 Å². The predicted octanol–water partition coefficient (Wildman–Crippen LogP) is 4.17. The van der Waals surface area contributed by atoms with Gasteiger partial charge in [-0.15, -0.1) is 0 Å². The van der Waals surface area contributed by atoms with E-state index in [1.165, 1.54) is 0 Å². The molecule has 0 aliphatic heterocycles. The highest BCUT2D eigenvalue weighted by molar-refractivity contribution is 5.81. The molecule has 6 nitrogen and oxygen atoms in total. The van der Waals surface area contributed by atoms with Gasteiger partial charge in [0.05, 0.1) is 0 Å². The molecule has 1 aliphatic rings. The van der Waals surface area contributed by atoms with Crippen LogP contribution in [0, 0.1) is 13.8 Å². The van der Waals surface area contributed by atoms with Gasteiger partial charge in [-0.2, -0.15) is 0 Å². The monoisotopic (exact) mass is 404 g/mol. The lowest BCUT2D eigenvalue weighted by molar-refractivity contribution is -0.139. The average Bonchev–Trinajstić information content (AvgIpc) is 3.22. The molecule has 6 heteroatoms. The van der Waals surface area contributed by atoms with Crippen LogP contribution in [-0.2, 0) is 16.0 Å². The number of carboxylic acids is 1. The van der Waals surface area contributed by atoms with E-state index in [-0.39, 0.29) is 18.9 Å². The summed E-state index contributed by atoms with van der Waals surface area (Å²) in [4.78, 5) is 27.2. The van der Waals surface area contributed by atoms with Gasteiger partial charge in [0, 0.05) is 23.7 Å². The van der Waals surface area contributed by atoms with Gasteiger partial charge in [0.1, 0.15) is 12.6 Å². The Bertz CT molecular complexity index is 1060. The van der Waals surface area contributed by atoms with E-state index in [4.69, 9.17) is 4.74 Å². The van der Waals surface area contributed by atoms with Crippen LogP contribution in [-0.4, -0.2) is 34.8 Å². The third kappa shape index (κ3) is 3.81. The van der Waals surface area contributed by atoms with Crippen LogP contribution < -0.4 is 5.32 Å². The number of benzene rings is 2. The SMILES string of the molecule is Cc1cc(C)c(CC(NC(=O)OCC2c3ccccc3-c3ccccc32)C(=O)O)[nH]1. The lowest BCUT2D eigenvalue weighted by Crippen LogP contribution is -2.43. The van der Waals surface area contributed by atoms with Crippen LogP contribution in [0.4, 0.5) is 4.79 Å². The Kier molecular flexibility index (Phi) is 5.31. The van der Waals surface area contributed by atoms with Crippen molar-refractivity contribution in [2.75, 3.05) is 6.61 Å². The molecule has 0 saturated heterocycles. The van der Waals surface area contributed by atoms with Gasteiger partial charge in [-0.25, -0.2) is 9.59 Å². The van der Waals surface area contributed by atoms with Crippen molar-refractivity contribution in [1.82, 2.24) is 10.3 Å². The Labute approximate surface area is 174 Å². The Morgan fingerprint density at radius 3 is 2.20 bits per heavy atom. The van der Waals surface area contributed by atoms with Gasteiger partial charge in [-0.3, -0.25) is 0 Å². The molecule has 1 aromatic heterocycles. The van der Waals surface area contributed by atoms with Crippen LogP contribution in [0.3, 0.4) is 0 Å². The van der Waals surface area contributed by atoms with Gasteiger partial charge in [-0.05, 0) is 47.7 Å². The minimum Gasteiger partial charge on any atom is -0.480 e. The van der Waals surface area contributed by atoms with E-state index in [2.05, 4.69) is 22.4 Å². The van der Waals surface area contributed by atoms with Gasteiger partial charge in [0.15, 0.2) is 0 Å². The minimum absolute atomic E-state index is 0.0697. The molecule has 0 fully saturated rings. The summed E-state index contributed by atoms with van der Waals surface area (Å²) in [5.41, 5.74) is 7.21. The summed E-state index contributed by atoms with van der Waals surface area (Å²) in [6.45, 7) is 3.96. The van der Waals surface area contributed by atoms with Gasteiger partial charge in [-0.1, -0.05) is 48.5 Å². The highest BCUT2D eigenvalue weighted by Crippen LogP contribution is 2.44. The number of hydrogen-bond donors (Lipinski definition) is 3. The maximum Gasteiger partial charge on any atom is 0.407 e. The van der Waals surface area contributed by atoms with E-state index >= 15 is 0 Å². The fourth-order valence-electron chi connectivity index (χ4n) is 4.18. The fraction of sp³-hybridized carbons (Fsp3) is 0.250. The number of nitrogens with one attached hydrogen (secondary N) is 2. The number of aromatic nitrogens is 1. The van der Waals surface area contributed by atoms with Crippen molar-refractivity contribution in [3.05, 3.63) is 82.7 Å². The van der Waals surface area contributed by atoms with E-state index in [9.17, 15) is 14.7 Å². The van der Waals surface area contributed by atoms with Crippen LogP contribution in [0.2, 0.25) is 0 Å². The number of carbonyl (C=O) groups is 2. The molecule has 1 aliphatic carbocycles. The van der Waals surface area contributed by atoms with Crippen molar-refractivity contribution in [3.8, 4) is 11.1 Å². The number of fused-ring (bicyclic) bond motifs is 3. The van der Waals surface area contributed by atoms with Gasteiger partial charge in [0.2, 0.25) is 0 Å². The zero-order chi connectivity index (χ0) is 21.3. The predicted molar refractivity (Wildman–Crippen MR) is 114 cm³/mol. The highest BCUT2D eigenvalue weighted by atomic mass is 16.5. The number of hydrogen-bond acceptors (Lipinski definition) is 3. The summed E-state index contributed by atoms with van der Waals surface area (Å²) in [6.07, 6.45) is -0.565. The van der Waals surface area contributed by atoms with E-state index in [0.29, 0.717) is 0 Å². The van der Waals surface area contributed by atoms with Crippen molar-refractivity contribution in [2.45, 2.75) is 32.2 Å². The lowest BCUT2D eigenvalue weighted by Gasteiger charge is -2.17. The van der Waals surface area contributed by atoms with Crippen LogP contribution in [0.25, 0.3) is 11.1 Å². The molecular formula is C24H24N2O4. The summed E-state index contributed by atoms with van der Waals surface area (Å²) in [5.74, 6) is -1.17. The Morgan fingerprint density at radius 2 is 1.67 bits per heavy atom. The normalized spacial score (nSPS) is 13.4. The Morgan fingerprint density at radius 1 is 1.07 bits per heavy atom. The smallest absolute Gasteiger partial charge is 0.407 e. The fourth-order valence-corrected chi connectivity index (χ4v) is 4.18. The zero-order valence-corrected chi connectivity index (χ0v) is 16.9. The molecule has 1 heterocycles. The molecule has 0 bridgehead atoms. The Balaban J connectivity index is 1.44. The molecule has 2 aromatic carbocycles. The topological polar surface area (TPSA) is 91.4 Å². The number of H-pyrrole nitrogens is 1. The number of carboxylic acid groups (broad SMARTS) is 1. The molecule has 3 N–H and O–H groups in total. The van der Waals surface area contributed by atoms with Gasteiger partial charge < -0.3 is 20.1 Å². The second kappa shape index (κ2) is 8.06. The Hall–Kier alpha value is -3.54. The van der Waals surface area contributed by atoms with E-state index in [1.807, 2.05) is 56.3 Å². The first-order chi connectivity index (χ1) is 14.4. The highest BCUT2D eigenvalue weighted by Gasteiger charge is 2.30.